The largest absolute Gasteiger partial charge is 0.478 e. The Kier molecular flexibility index (Phi) is 3.15. The van der Waals surface area contributed by atoms with E-state index >= 15 is 0 Å². The zero-order valence-corrected chi connectivity index (χ0v) is 9.98. The summed E-state index contributed by atoms with van der Waals surface area (Å²) in [4.78, 5) is 11.0. The van der Waals surface area contributed by atoms with Crippen molar-refractivity contribution in [3.05, 3.63) is 52.3 Å². The summed E-state index contributed by atoms with van der Waals surface area (Å²) in [6.45, 7) is 2.21. The maximum Gasteiger partial charge on any atom is 0.336 e. The first-order valence-corrected chi connectivity index (χ1v) is 5.46. The smallest absolute Gasteiger partial charge is 0.336 e. The van der Waals surface area contributed by atoms with E-state index < -0.39 is 5.97 Å². The molecular weight excluding hydrogens is 240 g/mol. The second-order valence-corrected chi connectivity index (χ2v) is 4.13. The first-order chi connectivity index (χ1) is 8.08. The van der Waals surface area contributed by atoms with Gasteiger partial charge in [0.1, 0.15) is 0 Å². The predicted molar refractivity (Wildman–Crippen MR) is 64.5 cm³/mol. The standard InChI is InChI=1S/C12H11ClN2O2/c1-8-11(13)7-15(14-8)6-9-4-2-3-5-10(9)12(16)17/h2-5,7H,6H2,1H3,(H,16,17). The zero-order chi connectivity index (χ0) is 12.4. The highest BCUT2D eigenvalue weighted by molar-refractivity contribution is 6.31. The molecule has 1 aromatic heterocycles. The normalized spacial score (nSPS) is 10.5. The number of halogens is 1. The number of carbonyl (C=O) groups is 1. The van der Waals surface area contributed by atoms with E-state index in [1.54, 1.807) is 35.1 Å². The van der Waals surface area contributed by atoms with Crippen LogP contribution in [0.1, 0.15) is 21.6 Å². The summed E-state index contributed by atoms with van der Waals surface area (Å²) in [5, 5.41) is 13.8. The lowest BCUT2D eigenvalue weighted by molar-refractivity contribution is 0.0695. The molecule has 1 N–H and O–H groups in total. The number of rotatable bonds is 3. The van der Waals surface area contributed by atoms with Gasteiger partial charge in [0.2, 0.25) is 0 Å². The number of nitrogens with zero attached hydrogens (tertiary/aromatic N) is 2. The van der Waals surface area contributed by atoms with E-state index in [9.17, 15) is 4.79 Å². The molecule has 1 aromatic carbocycles. The van der Waals surface area contributed by atoms with E-state index in [2.05, 4.69) is 5.10 Å². The van der Waals surface area contributed by atoms with Crippen molar-refractivity contribution in [2.45, 2.75) is 13.5 Å². The van der Waals surface area contributed by atoms with Gasteiger partial charge in [0.25, 0.3) is 0 Å². The van der Waals surface area contributed by atoms with Crippen LogP contribution in [0.25, 0.3) is 0 Å². The molecule has 4 nitrogen and oxygen atoms in total. The molecule has 0 bridgehead atoms. The summed E-state index contributed by atoms with van der Waals surface area (Å²) >= 11 is 5.90. The minimum absolute atomic E-state index is 0.289. The van der Waals surface area contributed by atoms with Crippen molar-refractivity contribution in [1.82, 2.24) is 9.78 Å². The van der Waals surface area contributed by atoms with Crippen molar-refractivity contribution >= 4 is 17.6 Å². The summed E-state index contributed by atoms with van der Waals surface area (Å²) in [6.07, 6.45) is 1.69. The van der Waals surface area contributed by atoms with Crippen LogP contribution in [0.4, 0.5) is 0 Å². The first kappa shape index (κ1) is 11.7. The number of aromatic nitrogens is 2. The van der Waals surface area contributed by atoms with Crippen LogP contribution in [-0.4, -0.2) is 20.9 Å². The van der Waals surface area contributed by atoms with Gasteiger partial charge in [0, 0.05) is 6.20 Å². The lowest BCUT2D eigenvalue weighted by atomic mass is 10.1. The Hall–Kier alpha value is -1.81. The molecule has 17 heavy (non-hydrogen) atoms. The van der Waals surface area contributed by atoms with Gasteiger partial charge in [-0.1, -0.05) is 29.8 Å². The molecule has 0 saturated carbocycles. The zero-order valence-electron chi connectivity index (χ0n) is 9.22. The molecule has 1 heterocycles. The third kappa shape index (κ3) is 2.47. The number of hydrogen-bond donors (Lipinski definition) is 1. The molecule has 0 spiro atoms. The van der Waals surface area contributed by atoms with Crippen LogP contribution in [0.5, 0.6) is 0 Å². The second kappa shape index (κ2) is 4.59. The molecule has 0 unspecified atom stereocenters. The van der Waals surface area contributed by atoms with Crippen LogP contribution in [-0.2, 0) is 6.54 Å². The van der Waals surface area contributed by atoms with Crippen molar-refractivity contribution in [2.24, 2.45) is 0 Å². The third-order valence-electron chi connectivity index (χ3n) is 2.47. The van der Waals surface area contributed by atoms with E-state index in [0.717, 1.165) is 5.69 Å². The number of aryl methyl sites for hydroxylation is 1. The molecule has 88 valence electrons. The quantitative estimate of drug-likeness (QED) is 0.911. The Morgan fingerprint density at radius 1 is 1.47 bits per heavy atom. The lowest BCUT2D eigenvalue weighted by Crippen LogP contribution is -2.07. The average Bonchev–Trinajstić information content (AvgIpc) is 2.58. The van der Waals surface area contributed by atoms with Crippen molar-refractivity contribution < 1.29 is 9.90 Å². The Labute approximate surface area is 103 Å². The van der Waals surface area contributed by atoms with E-state index in [4.69, 9.17) is 16.7 Å². The number of hydrogen-bond acceptors (Lipinski definition) is 2. The molecule has 2 rings (SSSR count). The maximum atomic E-state index is 11.0. The molecule has 0 radical (unpaired) electrons. The van der Waals surface area contributed by atoms with Crippen molar-refractivity contribution in [3.8, 4) is 0 Å². The third-order valence-corrected chi connectivity index (χ3v) is 2.84. The van der Waals surface area contributed by atoms with Crippen LogP contribution in [0.15, 0.2) is 30.5 Å². The fourth-order valence-corrected chi connectivity index (χ4v) is 1.77. The Morgan fingerprint density at radius 2 is 2.18 bits per heavy atom. The van der Waals surface area contributed by atoms with Crippen LogP contribution in [0, 0.1) is 6.92 Å². The maximum absolute atomic E-state index is 11.0. The monoisotopic (exact) mass is 250 g/mol. The Balaban J connectivity index is 2.33. The number of carboxylic acids is 1. The molecule has 0 aliphatic heterocycles. The summed E-state index contributed by atoms with van der Waals surface area (Å²) < 4.78 is 1.64. The molecule has 2 aromatic rings. The van der Waals surface area contributed by atoms with Crippen molar-refractivity contribution in [3.63, 3.8) is 0 Å². The van der Waals surface area contributed by atoms with E-state index in [1.807, 2.05) is 6.92 Å². The predicted octanol–water partition coefficient (Wildman–Crippen LogP) is 2.59. The molecule has 0 atom stereocenters. The highest BCUT2D eigenvalue weighted by atomic mass is 35.5. The van der Waals surface area contributed by atoms with E-state index in [0.29, 0.717) is 17.1 Å². The van der Waals surface area contributed by atoms with Crippen LogP contribution >= 0.6 is 11.6 Å². The molecule has 0 saturated heterocycles. The molecule has 0 amide bonds. The molecule has 0 aliphatic rings. The van der Waals surface area contributed by atoms with Crippen molar-refractivity contribution in [2.75, 3.05) is 0 Å². The summed E-state index contributed by atoms with van der Waals surface area (Å²) in [5.74, 6) is -0.935. The van der Waals surface area contributed by atoms with Gasteiger partial charge in [-0.15, -0.1) is 0 Å². The van der Waals surface area contributed by atoms with E-state index in [-0.39, 0.29) is 5.56 Å². The SMILES string of the molecule is Cc1nn(Cc2ccccc2C(=O)O)cc1Cl. The van der Waals surface area contributed by atoms with Gasteiger partial charge in [0.15, 0.2) is 0 Å². The lowest BCUT2D eigenvalue weighted by Gasteiger charge is -2.05. The van der Waals surface area contributed by atoms with Crippen LogP contribution in [0.2, 0.25) is 5.02 Å². The van der Waals surface area contributed by atoms with Crippen LogP contribution in [0.3, 0.4) is 0 Å². The minimum Gasteiger partial charge on any atom is -0.478 e. The fourth-order valence-electron chi connectivity index (χ4n) is 1.62. The van der Waals surface area contributed by atoms with Gasteiger partial charge in [-0.2, -0.15) is 5.10 Å². The number of carboxylic acid groups (broad SMARTS) is 1. The highest BCUT2D eigenvalue weighted by Crippen LogP contribution is 2.15. The summed E-state index contributed by atoms with van der Waals surface area (Å²) in [5.41, 5.74) is 1.73. The highest BCUT2D eigenvalue weighted by Gasteiger charge is 2.10. The molecule has 0 aliphatic carbocycles. The summed E-state index contributed by atoms with van der Waals surface area (Å²) in [7, 11) is 0. The Bertz CT molecular complexity index is 544. The molecule has 5 heteroatoms. The first-order valence-electron chi connectivity index (χ1n) is 5.08. The second-order valence-electron chi connectivity index (χ2n) is 3.72. The van der Waals surface area contributed by atoms with Gasteiger partial charge in [0.05, 0.1) is 22.8 Å². The number of aromatic carboxylic acids is 1. The molecular formula is C12H11ClN2O2. The van der Waals surface area contributed by atoms with Gasteiger partial charge >= 0.3 is 5.97 Å². The average molecular weight is 251 g/mol. The topological polar surface area (TPSA) is 55.1 Å². The summed E-state index contributed by atoms with van der Waals surface area (Å²) in [6, 6.07) is 6.86. The van der Waals surface area contributed by atoms with Gasteiger partial charge in [-0.05, 0) is 18.6 Å². The minimum atomic E-state index is -0.935. The Morgan fingerprint density at radius 3 is 2.76 bits per heavy atom. The fraction of sp³-hybridized carbons (Fsp3) is 0.167. The van der Waals surface area contributed by atoms with E-state index in [1.165, 1.54) is 0 Å². The van der Waals surface area contributed by atoms with Gasteiger partial charge in [-0.3, -0.25) is 4.68 Å². The van der Waals surface area contributed by atoms with Gasteiger partial charge < -0.3 is 5.11 Å². The van der Waals surface area contributed by atoms with Gasteiger partial charge in [-0.25, -0.2) is 4.79 Å². The van der Waals surface area contributed by atoms with Crippen molar-refractivity contribution in [1.29, 1.82) is 0 Å². The molecule has 0 fully saturated rings. The number of benzene rings is 1. The van der Waals surface area contributed by atoms with Crippen LogP contribution < -0.4 is 0 Å².